The average Bonchev–Trinajstić information content (AvgIpc) is 3.10. The number of hydrogen-bond acceptors (Lipinski definition) is 3. The van der Waals surface area contributed by atoms with E-state index in [4.69, 9.17) is 11.6 Å². The molecule has 0 bridgehead atoms. The van der Waals surface area contributed by atoms with Crippen LogP contribution in [-0.4, -0.2) is 8.42 Å². The lowest BCUT2D eigenvalue weighted by atomic mass is 10.0. The molecule has 24 heavy (non-hydrogen) atoms. The molecule has 0 spiro atoms. The Bertz CT molecular complexity index is 904. The predicted octanol–water partition coefficient (Wildman–Crippen LogP) is 4.69. The molecule has 0 radical (unpaired) electrons. The largest absolute Gasteiger partial charge is 0.216 e. The van der Waals surface area contributed by atoms with E-state index in [0.29, 0.717) is 10.6 Å². The molecule has 0 unspecified atom stereocenters. The van der Waals surface area contributed by atoms with E-state index in [9.17, 15) is 8.42 Å². The standard InChI is InChI=1S/C18H16ClNO2S2/c19-17-7-5-14(6-8-17)13-24(21,22)20-11-15-3-1-2-4-18(15)16-9-10-23-12-16/h1-10,12,20H,11,13H2. The normalized spacial score (nSPS) is 11.5. The van der Waals surface area contributed by atoms with Gasteiger partial charge in [-0.15, -0.1) is 0 Å². The van der Waals surface area contributed by atoms with Crippen molar-refractivity contribution in [1.82, 2.24) is 4.72 Å². The van der Waals surface area contributed by atoms with Gasteiger partial charge >= 0.3 is 0 Å². The van der Waals surface area contributed by atoms with Gasteiger partial charge in [0.1, 0.15) is 0 Å². The predicted molar refractivity (Wildman–Crippen MR) is 101 cm³/mol. The monoisotopic (exact) mass is 377 g/mol. The van der Waals surface area contributed by atoms with Crippen molar-refractivity contribution in [3.63, 3.8) is 0 Å². The molecule has 6 heteroatoms. The van der Waals surface area contributed by atoms with E-state index in [1.807, 2.05) is 35.7 Å². The minimum Gasteiger partial charge on any atom is -0.212 e. The van der Waals surface area contributed by atoms with Gasteiger partial charge in [-0.05, 0) is 51.2 Å². The van der Waals surface area contributed by atoms with Crippen molar-refractivity contribution in [2.24, 2.45) is 0 Å². The maximum absolute atomic E-state index is 12.3. The summed E-state index contributed by atoms with van der Waals surface area (Å²) >= 11 is 7.45. The van der Waals surface area contributed by atoms with E-state index in [1.54, 1.807) is 35.6 Å². The number of hydrogen-bond donors (Lipinski definition) is 1. The maximum atomic E-state index is 12.3. The smallest absolute Gasteiger partial charge is 0.212 e. The molecule has 1 aromatic heterocycles. The van der Waals surface area contributed by atoms with Gasteiger partial charge in [0, 0.05) is 11.6 Å². The van der Waals surface area contributed by atoms with Gasteiger partial charge in [-0.2, -0.15) is 11.3 Å². The third kappa shape index (κ3) is 4.45. The van der Waals surface area contributed by atoms with Crippen LogP contribution in [0, 0.1) is 0 Å². The van der Waals surface area contributed by atoms with Crippen LogP contribution in [0.4, 0.5) is 0 Å². The Hall–Kier alpha value is -1.66. The van der Waals surface area contributed by atoms with Gasteiger partial charge < -0.3 is 0 Å². The van der Waals surface area contributed by atoms with E-state index in [-0.39, 0.29) is 12.3 Å². The molecule has 3 rings (SSSR count). The first-order valence-corrected chi connectivity index (χ1v) is 10.3. The quantitative estimate of drug-likeness (QED) is 0.677. The summed E-state index contributed by atoms with van der Waals surface area (Å²) in [5.74, 6) is -0.0647. The molecule has 0 aliphatic heterocycles. The zero-order valence-corrected chi connectivity index (χ0v) is 15.2. The number of nitrogens with one attached hydrogen (secondary N) is 1. The number of thiophene rings is 1. The Balaban J connectivity index is 1.72. The lowest BCUT2D eigenvalue weighted by Gasteiger charge is -2.10. The second-order valence-electron chi connectivity index (χ2n) is 5.38. The van der Waals surface area contributed by atoms with Crippen LogP contribution in [0.25, 0.3) is 11.1 Å². The van der Waals surface area contributed by atoms with E-state index < -0.39 is 10.0 Å². The summed E-state index contributed by atoms with van der Waals surface area (Å²) in [6, 6.07) is 16.7. The molecule has 0 aliphatic carbocycles. The Morgan fingerprint density at radius 1 is 1.00 bits per heavy atom. The second-order valence-corrected chi connectivity index (χ2v) is 8.40. The molecule has 0 fully saturated rings. The molecule has 3 nitrogen and oxygen atoms in total. The number of halogens is 1. The molecular formula is C18H16ClNO2S2. The Morgan fingerprint density at radius 2 is 1.75 bits per heavy atom. The van der Waals surface area contributed by atoms with E-state index in [1.165, 1.54) is 0 Å². The summed E-state index contributed by atoms with van der Waals surface area (Å²) in [7, 11) is -3.42. The van der Waals surface area contributed by atoms with Gasteiger partial charge in [0.05, 0.1) is 5.75 Å². The van der Waals surface area contributed by atoms with Crippen LogP contribution in [0.2, 0.25) is 5.02 Å². The first-order valence-electron chi connectivity index (χ1n) is 7.36. The van der Waals surface area contributed by atoms with Crippen LogP contribution in [-0.2, 0) is 22.3 Å². The molecule has 0 amide bonds. The molecule has 124 valence electrons. The summed E-state index contributed by atoms with van der Waals surface area (Å²) in [5, 5.41) is 4.66. The lowest BCUT2D eigenvalue weighted by molar-refractivity contribution is 0.580. The minimum absolute atomic E-state index is 0.0647. The molecule has 0 saturated heterocycles. The molecule has 0 aliphatic rings. The number of sulfonamides is 1. The van der Waals surface area contributed by atoms with Crippen LogP contribution >= 0.6 is 22.9 Å². The highest BCUT2D eigenvalue weighted by molar-refractivity contribution is 7.88. The van der Waals surface area contributed by atoms with E-state index >= 15 is 0 Å². The lowest BCUT2D eigenvalue weighted by Crippen LogP contribution is -2.25. The van der Waals surface area contributed by atoms with Crippen LogP contribution in [0.5, 0.6) is 0 Å². The Kier molecular flexibility index (Phi) is 5.36. The van der Waals surface area contributed by atoms with Crippen molar-refractivity contribution in [1.29, 1.82) is 0 Å². The molecule has 1 heterocycles. The third-order valence-electron chi connectivity index (χ3n) is 3.60. The number of benzene rings is 2. The summed E-state index contributed by atoms with van der Waals surface area (Å²) < 4.78 is 27.3. The zero-order chi connectivity index (χ0) is 17.0. The number of rotatable bonds is 6. The summed E-state index contributed by atoms with van der Waals surface area (Å²) in [4.78, 5) is 0. The minimum atomic E-state index is -3.42. The van der Waals surface area contributed by atoms with Crippen LogP contribution in [0.15, 0.2) is 65.4 Å². The van der Waals surface area contributed by atoms with Crippen LogP contribution < -0.4 is 4.72 Å². The van der Waals surface area contributed by atoms with Crippen molar-refractivity contribution in [3.05, 3.63) is 81.5 Å². The van der Waals surface area contributed by atoms with Gasteiger partial charge in [0.15, 0.2) is 0 Å². The van der Waals surface area contributed by atoms with Crippen molar-refractivity contribution < 1.29 is 8.42 Å². The molecule has 1 N–H and O–H groups in total. The first kappa shape index (κ1) is 17.2. The Labute approximate surface area is 151 Å². The molecule has 3 aromatic rings. The summed E-state index contributed by atoms with van der Waals surface area (Å²) in [6.45, 7) is 0.266. The summed E-state index contributed by atoms with van der Waals surface area (Å²) in [6.07, 6.45) is 0. The van der Waals surface area contributed by atoms with Crippen molar-refractivity contribution in [3.8, 4) is 11.1 Å². The topological polar surface area (TPSA) is 46.2 Å². The Morgan fingerprint density at radius 3 is 2.46 bits per heavy atom. The molecule has 0 saturated carbocycles. The SMILES string of the molecule is O=S(=O)(Cc1ccc(Cl)cc1)NCc1ccccc1-c1ccsc1. The van der Waals surface area contributed by atoms with Crippen molar-refractivity contribution in [2.45, 2.75) is 12.3 Å². The fraction of sp³-hybridized carbons (Fsp3) is 0.111. The first-order chi connectivity index (χ1) is 11.5. The summed E-state index contributed by atoms with van der Waals surface area (Å²) in [5.41, 5.74) is 3.81. The molecule has 2 aromatic carbocycles. The van der Waals surface area contributed by atoms with Crippen LogP contribution in [0.1, 0.15) is 11.1 Å². The maximum Gasteiger partial charge on any atom is 0.216 e. The van der Waals surface area contributed by atoms with Gasteiger partial charge in [0.25, 0.3) is 0 Å². The van der Waals surface area contributed by atoms with Gasteiger partial charge in [0.2, 0.25) is 10.0 Å². The fourth-order valence-corrected chi connectivity index (χ4v) is 4.30. The fourth-order valence-electron chi connectivity index (χ4n) is 2.41. The molecule has 0 atom stereocenters. The third-order valence-corrected chi connectivity index (χ3v) is 5.83. The highest BCUT2D eigenvalue weighted by Crippen LogP contribution is 2.26. The average molecular weight is 378 g/mol. The van der Waals surface area contributed by atoms with Gasteiger partial charge in [-0.25, -0.2) is 13.1 Å². The second kappa shape index (κ2) is 7.49. The van der Waals surface area contributed by atoms with Crippen molar-refractivity contribution in [2.75, 3.05) is 0 Å². The molecular weight excluding hydrogens is 362 g/mol. The van der Waals surface area contributed by atoms with E-state index in [2.05, 4.69) is 10.1 Å². The van der Waals surface area contributed by atoms with Crippen LogP contribution in [0.3, 0.4) is 0 Å². The highest BCUT2D eigenvalue weighted by atomic mass is 35.5. The highest BCUT2D eigenvalue weighted by Gasteiger charge is 2.13. The van der Waals surface area contributed by atoms with Gasteiger partial charge in [-0.1, -0.05) is 48.0 Å². The van der Waals surface area contributed by atoms with Gasteiger partial charge in [-0.3, -0.25) is 0 Å². The zero-order valence-electron chi connectivity index (χ0n) is 12.8. The van der Waals surface area contributed by atoms with Crippen molar-refractivity contribution >= 4 is 33.0 Å². The van der Waals surface area contributed by atoms with E-state index in [0.717, 1.165) is 16.7 Å².